The van der Waals surface area contributed by atoms with Crippen molar-refractivity contribution in [3.8, 4) is 0 Å². The quantitative estimate of drug-likeness (QED) is 0.616. The lowest BCUT2D eigenvalue weighted by atomic mass is 10.1. The second-order valence-electron chi connectivity index (χ2n) is 6.82. The predicted molar refractivity (Wildman–Crippen MR) is 95.6 cm³/mol. The Labute approximate surface area is 161 Å². The first-order chi connectivity index (χ1) is 13.9. The van der Waals surface area contributed by atoms with Crippen LogP contribution in [0.3, 0.4) is 0 Å². The summed E-state index contributed by atoms with van der Waals surface area (Å²) in [5, 5.41) is 3.24. The van der Waals surface area contributed by atoms with Gasteiger partial charge in [0.05, 0.1) is 16.5 Å². The van der Waals surface area contributed by atoms with Crippen molar-refractivity contribution < 1.29 is 22.0 Å². The average Bonchev–Trinajstić information content (AvgIpc) is 3.47. The molecule has 0 radical (unpaired) electrons. The number of aromatic nitrogens is 3. The smallest absolute Gasteiger partial charge is 0.266 e. The van der Waals surface area contributed by atoms with Gasteiger partial charge in [-0.2, -0.15) is 0 Å². The molecule has 1 fully saturated rings. The number of hydrogen-bond donors (Lipinski definition) is 1. The Balaban J connectivity index is 1.65. The van der Waals surface area contributed by atoms with Crippen LogP contribution in [0.4, 0.5) is 27.8 Å². The second kappa shape index (κ2) is 7.41. The Hall–Kier alpha value is -3.04. The highest BCUT2D eigenvalue weighted by Crippen LogP contribution is 2.46. The molecule has 29 heavy (non-hydrogen) atoms. The van der Waals surface area contributed by atoms with Gasteiger partial charge in [-0.1, -0.05) is 18.2 Å². The minimum Gasteiger partial charge on any atom is -0.365 e. The van der Waals surface area contributed by atoms with E-state index in [0.29, 0.717) is 10.9 Å². The van der Waals surface area contributed by atoms with E-state index in [4.69, 9.17) is 0 Å². The highest BCUT2D eigenvalue weighted by molar-refractivity contribution is 5.87. The normalized spacial score (nSPS) is 18.6. The summed E-state index contributed by atoms with van der Waals surface area (Å²) < 4.78 is 66.9. The van der Waals surface area contributed by atoms with Crippen molar-refractivity contribution >= 4 is 16.7 Å². The summed E-state index contributed by atoms with van der Waals surface area (Å²) in [7, 11) is 0. The molecule has 4 rings (SSSR count). The fourth-order valence-corrected chi connectivity index (χ4v) is 3.32. The highest BCUT2D eigenvalue weighted by Gasteiger charge is 2.46. The summed E-state index contributed by atoms with van der Waals surface area (Å²) in [6.45, 7) is -0.138. The lowest BCUT2D eigenvalue weighted by molar-refractivity contribution is 0.116. The SMILES string of the molecule is O=c1cc2ncnc(NCc3cccc(C(F)F)c3F)c2cn1C1CC1C(F)F. The van der Waals surface area contributed by atoms with Crippen molar-refractivity contribution in [2.24, 2.45) is 5.92 Å². The van der Waals surface area contributed by atoms with Gasteiger partial charge in [-0.15, -0.1) is 0 Å². The summed E-state index contributed by atoms with van der Waals surface area (Å²) in [4.78, 5) is 20.3. The summed E-state index contributed by atoms with van der Waals surface area (Å²) in [6, 6.07) is 4.33. The van der Waals surface area contributed by atoms with E-state index in [0.717, 1.165) is 6.07 Å². The van der Waals surface area contributed by atoms with E-state index < -0.39 is 41.8 Å². The molecule has 3 aromatic rings. The number of hydrogen-bond acceptors (Lipinski definition) is 4. The highest BCUT2D eigenvalue weighted by atomic mass is 19.3. The number of anilines is 1. The van der Waals surface area contributed by atoms with Crippen LogP contribution in [-0.2, 0) is 6.54 Å². The number of pyridine rings is 1. The molecule has 1 aliphatic rings. The van der Waals surface area contributed by atoms with Gasteiger partial charge in [-0.25, -0.2) is 31.9 Å². The number of rotatable bonds is 6. The van der Waals surface area contributed by atoms with Gasteiger partial charge in [0.2, 0.25) is 6.43 Å². The zero-order valence-corrected chi connectivity index (χ0v) is 14.8. The third kappa shape index (κ3) is 3.66. The first kappa shape index (κ1) is 19.3. The zero-order valence-electron chi connectivity index (χ0n) is 14.8. The van der Waals surface area contributed by atoms with Gasteiger partial charge in [0.25, 0.3) is 12.0 Å². The van der Waals surface area contributed by atoms with Gasteiger partial charge < -0.3 is 9.88 Å². The molecule has 1 N–H and O–H groups in total. The van der Waals surface area contributed by atoms with Gasteiger partial charge >= 0.3 is 0 Å². The average molecular weight is 410 g/mol. The summed E-state index contributed by atoms with van der Waals surface area (Å²) in [5.41, 5.74) is -0.842. The van der Waals surface area contributed by atoms with Crippen LogP contribution in [0, 0.1) is 11.7 Å². The van der Waals surface area contributed by atoms with Crippen LogP contribution in [0.25, 0.3) is 10.9 Å². The number of nitrogens with one attached hydrogen (secondary N) is 1. The molecule has 0 bridgehead atoms. The van der Waals surface area contributed by atoms with Crippen LogP contribution in [0.1, 0.15) is 30.0 Å². The second-order valence-corrected chi connectivity index (χ2v) is 6.82. The summed E-state index contributed by atoms with van der Waals surface area (Å²) >= 11 is 0. The van der Waals surface area contributed by atoms with Crippen molar-refractivity contribution in [3.63, 3.8) is 0 Å². The predicted octanol–water partition coefficient (Wildman–Crippen LogP) is 4.31. The first-order valence-electron chi connectivity index (χ1n) is 8.81. The molecule has 152 valence electrons. The number of fused-ring (bicyclic) bond motifs is 1. The molecule has 0 spiro atoms. The van der Waals surface area contributed by atoms with Crippen LogP contribution >= 0.6 is 0 Å². The van der Waals surface area contributed by atoms with Crippen molar-refractivity contribution in [1.29, 1.82) is 0 Å². The van der Waals surface area contributed by atoms with E-state index in [2.05, 4.69) is 15.3 Å². The molecule has 0 amide bonds. The summed E-state index contributed by atoms with van der Waals surface area (Å²) in [6.07, 6.45) is -2.66. The molecule has 2 atom stereocenters. The van der Waals surface area contributed by atoms with Crippen LogP contribution in [0.15, 0.2) is 41.6 Å². The Morgan fingerprint density at radius 3 is 2.69 bits per heavy atom. The molecule has 5 nitrogen and oxygen atoms in total. The van der Waals surface area contributed by atoms with Gasteiger partial charge in [-0.3, -0.25) is 4.79 Å². The monoisotopic (exact) mass is 410 g/mol. The standard InChI is InChI=1S/C19H15F5N4O/c20-16-9(2-1-3-10(16)17(21)22)6-25-19-12-7-28(14-4-11(14)18(23)24)15(29)5-13(12)26-8-27-19/h1-3,5,7-8,11,14,17-18H,4,6H2,(H,25,26,27). The molecule has 1 aromatic carbocycles. The van der Waals surface area contributed by atoms with Gasteiger partial charge in [0.15, 0.2) is 0 Å². The lowest BCUT2D eigenvalue weighted by Gasteiger charge is -2.12. The van der Waals surface area contributed by atoms with Gasteiger partial charge in [0.1, 0.15) is 18.0 Å². The molecule has 0 saturated heterocycles. The van der Waals surface area contributed by atoms with E-state index in [1.54, 1.807) is 0 Å². The third-order valence-corrected chi connectivity index (χ3v) is 4.97. The van der Waals surface area contributed by atoms with Crippen LogP contribution in [-0.4, -0.2) is 21.0 Å². The van der Waals surface area contributed by atoms with Crippen molar-refractivity contribution in [1.82, 2.24) is 14.5 Å². The van der Waals surface area contributed by atoms with Crippen LogP contribution < -0.4 is 10.9 Å². The van der Waals surface area contributed by atoms with E-state index in [9.17, 15) is 26.7 Å². The number of alkyl halides is 4. The molecule has 2 heterocycles. The maximum atomic E-state index is 14.2. The van der Waals surface area contributed by atoms with E-state index in [-0.39, 0.29) is 24.3 Å². The van der Waals surface area contributed by atoms with E-state index in [1.165, 1.54) is 35.3 Å². The topological polar surface area (TPSA) is 59.8 Å². The molecular weight excluding hydrogens is 395 g/mol. The van der Waals surface area contributed by atoms with Gasteiger partial charge in [0, 0.05) is 36.3 Å². The largest absolute Gasteiger partial charge is 0.365 e. The number of halogens is 5. The van der Waals surface area contributed by atoms with Crippen LogP contribution in [0.5, 0.6) is 0 Å². The Bertz CT molecular complexity index is 1120. The molecule has 1 aliphatic carbocycles. The fraction of sp³-hybridized carbons (Fsp3) is 0.316. The van der Waals surface area contributed by atoms with E-state index in [1.807, 2.05) is 0 Å². The zero-order chi connectivity index (χ0) is 20.7. The maximum Gasteiger partial charge on any atom is 0.266 e. The summed E-state index contributed by atoms with van der Waals surface area (Å²) in [5.74, 6) is -1.65. The van der Waals surface area contributed by atoms with Gasteiger partial charge in [-0.05, 0) is 6.42 Å². The maximum absolute atomic E-state index is 14.2. The number of nitrogens with zero attached hydrogens (tertiary/aromatic N) is 3. The molecule has 2 aromatic heterocycles. The molecule has 0 aliphatic heterocycles. The lowest BCUT2D eigenvalue weighted by Crippen LogP contribution is -2.19. The molecular formula is C19H15F5N4O. The Kier molecular flexibility index (Phi) is 4.93. The van der Waals surface area contributed by atoms with Crippen molar-refractivity contribution in [2.75, 3.05) is 5.32 Å². The fourth-order valence-electron chi connectivity index (χ4n) is 3.32. The van der Waals surface area contributed by atoms with Crippen molar-refractivity contribution in [3.05, 3.63) is 64.1 Å². The van der Waals surface area contributed by atoms with Crippen molar-refractivity contribution in [2.45, 2.75) is 31.9 Å². The third-order valence-electron chi connectivity index (χ3n) is 4.97. The minimum atomic E-state index is -2.94. The molecule has 10 heteroatoms. The Morgan fingerprint density at radius 1 is 1.21 bits per heavy atom. The minimum absolute atomic E-state index is 0.0165. The Morgan fingerprint density at radius 2 is 2.00 bits per heavy atom. The van der Waals surface area contributed by atoms with E-state index >= 15 is 0 Å². The number of benzene rings is 1. The van der Waals surface area contributed by atoms with Crippen LogP contribution in [0.2, 0.25) is 0 Å². The molecule has 2 unspecified atom stereocenters. The molecule has 1 saturated carbocycles. The first-order valence-corrected chi connectivity index (χ1v) is 8.81.